The minimum absolute atomic E-state index is 0.225. The Hall–Kier alpha value is -1.01. The molecule has 0 spiro atoms. The van der Waals surface area contributed by atoms with Gasteiger partial charge in [-0.15, -0.1) is 0 Å². The van der Waals surface area contributed by atoms with Gasteiger partial charge in [-0.05, 0) is 25.8 Å². The number of alkyl halides is 1. The fourth-order valence-corrected chi connectivity index (χ4v) is 2.71. The average molecular weight is 297 g/mol. The Morgan fingerprint density at radius 1 is 1.33 bits per heavy atom. The van der Waals surface area contributed by atoms with Gasteiger partial charge in [0.05, 0.1) is 6.61 Å². The van der Waals surface area contributed by atoms with Crippen molar-refractivity contribution in [1.29, 1.82) is 0 Å². The predicted octanol–water partition coefficient (Wildman–Crippen LogP) is 1.70. The Balaban J connectivity index is 1.95. The molecule has 21 heavy (non-hydrogen) atoms. The molecule has 1 aromatic carbocycles. The zero-order valence-corrected chi connectivity index (χ0v) is 12.6. The highest BCUT2D eigenvalue weighted by atomic mass is 19.1. The van der Waals surface area contributed by atoms with Crippen molar-refractivity contribution in [2.45, 2.75) is 50.9 Å². The minimum Gasteiger partial charge on any atom is -0.388 e. The number of hydrogen-bond acceptors (Lipinski definition) is 4. The number of nitrogens with zero attached hydrogens (tertiary/aromatic N) is 1. The van der Waals surface area contributed by atoms with Crippen LogP contribution in [0, 0.1) is 0 Å². The maximum absolute atomic E-state index is 13.8. The monoisotopic (exact) mass is 297 g/mol. The number of aliphatic hydroxyl groups excluding tert-OH is 1. The molecule has 2 N–H and O–H groups in total. The summed E-state index contributed by atoms with van der Waals surface area (Å²) in [5.41, 5.74) is 1.09. The van der Waals surface area contributed by atoms with Gasteiger partial charge in [0.1, 0.15) is 12.3 Å². The van der Waals surface area contributed by atoms with Crippen LogP contribution in [0.15, 0.2) is 30.3 Å². The summed E-state index contributed by atoms with van der Waals surface area (Å²) in [7, 11) is 0. The molecule has 1 fully saturated rings. The zero-order chi connectivity index (χ0) is 15.5. The highest BCUT2D eigenvalue weighted by molar-refractivity contribution is 5.15. The Kier molecular flexibility index (Phi) is 5.32. The number of rotatable bonds is 6. The second-order valence-electron chi connectivity index (χ2n) is 6.07. The molecule has 1 saturated heterocycles. The molecule has 0 unspecified atom stereocenters. The molecular formula is C16H24FNO3. The van der Waals surface area contributed by atoms with Crippen molar-refractivity contribution in [2.24, 2.45) is 0 Å². The first kappa shape index (κ1) is 16.4. The van der Waals surface area contributed by atoms with Crippen LogP contribution in [-0.4, -0.2) is 52.4 Å². The fraction of sp³-hybridized carbons (Fsp3) is 0.625. The third-order valence-electron chi connectivity index (χ3n) is 3.74. The summed E-state index contributed by atoms with van der Waals surface area (Å²) in [6.45, 7) is 4.22. The van der Waals surface area contributed by atoms with E-state index in [9.17, 15) is 14.6 Å². The first-order valence-corrected chi connectivity index (χ1v) is 7.33. The Morgan fingerprint density at radius 2 is 2.00 bits per heavy atom. The van der Waals surface area contributed by atoms with Gasteiger partial charge in [0.25, 0.3) is 0 Å². The Morgan fingerprint density at radius 3 is 2.62 bits per heavy atom. The topological polar surface area (TPSA) is 52.9 Å². The highest BCUT2D eigenvalue weighted by Crippen LogP contribution is 2.26. The zero-order valence-electron chi connectivity index (χ0n) is 12.6. The van der Waals surface area contributed by atoms with E-state index in [-0.39, 0.29) is 19.2 Å². The molecule has 0 aromatic heterocycles. The van der Waals surface area contributed by atoms with E-state index in [1.165, 1.54) is 0 Å². The lowest BCUT2D eigenvalue weighted by molar-refractivity contribution is -0.178. The van der Waals surface area contributed by atoms with E-state index in [4.69, 9.17) is 4.74 Å². The number of ether oxygens (including phenoxy) is 1. The number of hydrogen-bond donors (Lipinski definition) is 2. The summed E-state index contributed by atoms with van der Waals surface area (Å²) in [5, 5.41) is 19.5. The molecular weight excluding hydrogens is 273 g/mol. The number of aliphatic hydroxyl groups is 2. The van der Waals surface area contributed by atoms with Crippen molar-refractivity contribution in [1.82, 2.24) is 4.90 Å². The summed E-state index contributed by atoms with van der Waals surface area (Å²) in [6.07, 6.45) is -1.75. The summed E-state index contributed by atoms with van der Waals surface area (Å²) < 4.78 is 19.1. The van der Waals surface area contributed by atoms with Crippen LogP contribution in [0.25, 0.3) is 0 Å². The third-order valence-corrected chi connectivity index (χ3v) is 3.74. The molecule has 0 radical (unpaired) electrons. The van der Waals surface area contributed by atoms with E-state index in [2.05, 4.69) is 0 Å². The molecule has 3 atom stereocenters. The van der Waals surface area contributed by atoms with Crippen molar-refractivity contribution >= 4 is 0 Å². The molecule has 5 heteroatoms. The molecule has 0 aliphatic carbocycles. The van der Waals surface area contributed by atoms with Crippen molar-refractivity contribution in [3.8, 4) is 0 Å². The van der Waals surface area contributed by atoms with Gasteiger partial charge in [0.15, 0.2) is 5.79 Å². The first-order chi connectivity index (χ1) is 9.87. The molecule has 118 valence electrons. The van der Waals surface area contributed by atoms with Gasteiger partial charge in [0, 0.05) is 19.1 Å². The lowest BCUT2D eigenvalue weighted by Crippen LogP contribution is -2.37. The van der Waals surface area contributed by atoms with E-state index < -0.39 is 18.1 Å². The van der Waals surface area contributed by atoms with E-state index in [0.717, 1.165) is 5.56 Å². The summed E-state index contributed by atoms with van der Waals surface area (Å²) >= 11 is 0. The van der Waals surface area contributed by atoms with Crippen LogP contribution in [0.1, 0.15) is 25.8 Å². The van der Waals surface area contributed by atoms with Crippen LogP contribution in [0.4, 0.5) is 4.39 Å². The number of likely N-dealkylation sites (tertiary alicyclic amines) is 1. The second-order valence-corrected chi connectivity index (χ2v) is 6.07. The largest absolute Gasteiger partial charge is 0.388 e. The van der Waals surface area contributed by atoms with Gasteiger partial charge in [-0.25, -0.2) is 4.39 Å². The van der Waals surface area contributed by atoms with E-state index in [1.54, 1.807) is 13.8 Å². The van der Waals surface area contributed by atoms with Crippen molar-refractivity contribution in [3.05, 3.63) is 35.9 Å². The second kappa shape index (κ2) is 6.83. The van der Waals surface area contributed by atoms with Gasteiger partial charge >= 0.3 is 0 Å². The van der Waals surface area contributed by atoms with Gasteiger partial charge < -0.3 is 14.9 Å². The quantitative estimate of drug-likeness (QED) is 0.785. The number of benzene rings is 1. The summed E-state index contributed by atoms with van der Waals surface area (Å²) in [6, 6.07) is 9.52. The first-order valence-electron chi connectivity index (χ1n) is 7.33. The van der Waals surface area contributed by atoms with Crippen LogP contribution in [0.5, 0.6) is 0 Å². The van der Waals surface area contributed by atoms with Crippen LogP contribution >= 0.6 is 0 Å². The SMILES string of the molecule is CC(C)(O)OCC[C@@H]1[C@@H](O)[C@@H](F)CN1Cc1ccccc1. The molecule has 1 aliphatic rings. The molecule has 1 heterocycles. The maximum Gasteiger partial charge on any atom is 0.159 e. The smallest absolute Gasteiger partial charge is 0.159 e. The third kappa shape index (κ3) is 4.74. The summed E-state index contributed by atoms with van der Waals surface area (Å²) in [4.78, 5) is 1.94. The predicted molar refractivity (Wildman–Crippen MR) is 78.4 cm³/mol. The Bertz CT molecular complexity index is 435. The molecule has 0 saturated carbocycles. The van der Waals surface area contributed by atoms with Crippen LogP contribution in [0.3, 0.4) is 0 Å². The van der Waals surface area contributed by atoms with Gasteiger partial charge in [0.2, 0.25) is 0 Å². The minimum atomic E-state index is -1.24. The maximum atomic E-state index is 13.8. The van der Waals surface area contributed by atoms with Crippen LogP contribution < -0.4 is 0 Å². The van der Waals surface area contributed by atoms with Gasteiger partial charge in [-0.2, -0.15) is 0 Å². The molecule has 0 bridgehead atoms. The van der Waals surface area contributed by atoms with Crippen LogP contribution in [0.2, 0.25) is 0 Å². The number of halogens is 1. The highest BCUT2D eigenvalue weighted by Gasteiger charge is 2.40. The van der Waals surface area contributed by atoms with Crippen molar-refractivity contribution in [3.63, 3.8) is 0 Å². The fourth-order valence-electron chi connectivity index (χ4n) is 2.71. The lowest BCUT2D eigenvalue weighted by atomic mass is 10.1. The summed E-state index contributed by atoms with van der Waals surface area (Å²) in [5.74, 6) is -1.21. The van der Waals surface area contributed by atoms with Crippen molar-refractivity contribution < 1.29 is 19.3 Å². The normalized spacial score (nSPS) is 27.2. The molecule has 1 aromatic rings. The van der Waals surface area contributed by atoms with Crippen molar-refractivity contribution in [2.75, 3.05) is 13.2 Å². The van der Waals surface area contributed by atoms with Crippen LogP contribution in [-0.2, 0) is 11.3 Å². The van der Waals surface area contributed by atoms with E-state index >= 15 is 0 Å². The lowest BCUT2D eigenvalue weighted by Gasteiger charge is -2.27. The van der Waals surface area contributed by atoms with Gasteiger partial charge in [-0.3, -0.25) is 4.90 Å². The molecule has 0 amide bonds. The molecule has 2 rings (SSSR count). The molecule has 1 aliphatic heterocycles. The van der Waals surface area contributed by atoms with E-state index in [1.807, 2.05) is 35.2 Å². The van der Waals surface area contributed by atoms with Gasteiger partial charge in [-0.1, -0.05) is 30.3 Å². The Labute approximate surface area is 125 Å². The standard InChI is InChI=1S/C16H24FNO3/c1-16(2,20)21-9-8-14-15(19)13(17)11-18(14)10-12-6-4-3-5-7-12/h3-7,13-15,19-20H,8-11H2,1-2H3/t13-,14+,15-/m0/s1. The molecule has 4 nitrogen and oxygen atoms in total. The average Bonchev–Trinajstić information content (AvgIpc) is 2.66. The van der Waals surface area contributed by atoms with E-state index in [0.29, 0.717) is 13.0 Å².